The van der Waals surface area contributed by atoms with Crippen LogP contribution in [0.1, 0.15) is 5.56 Å². The average molecular weight is 210 g/mol. The number of benzene rings is 1. The molecule has 2 heteroatoms. The van der Waals surface area contributed by atoms with Gasteiger partial charge in [-0.2, -0.15) is 0 Å². The highest BCUT2D eigenvalue weighted by Crippen LogP contribution is 2.17. The Hall–Kier alpha value is -1.85. The molecule has 0 aliphatic carbocycles. The molecule has 80 valence electrons. The SMILES string of the molecule is C#CCN(C)Cc1cccc2ncccc12. The van der Waals surface area contributed by atoms with Crippen molar-refractivity contribution in [1.82, 2.24) is 9.88 Å². The minimum atomic E-state index is 0.663. The third-order valence-corrected chi connectivity index (χ3v) is 2.54. The molecule has 0 amide bonds. The Morgan fingerprint density at radius 1 is 1.31 bits per heavy atom. The Morgan fingerprint density at radius 2 is 2.19 bits per heavy atom. The Labute approximate surface area is 95.9 Å². The van der Waals surface area contributed by atoms with Gasteiger partial charge in [0.2, 0.25) is 0 Å². The van der Waals surface area contributed by atoms with Crippen molar-refractivity contribution in [2.45, 2.75) is 6.54 Å². The second kappa shape index (κ2) is 4.78. The number of terminal acetylenes is 1. The predicted molar refractivity (Wildman–Crippen MR) is 66.9 cm³/mol. The van der Waals surface area contributed by atoms with E-state index < -0.39 is 0 Å². The third-order valence-electron chi connectivity index (χ3n) is 2.54. The van der Waals surface area contributed by atoms with Crippen molar-refractivity contribution in [1.29, 1.82) is 0 Å². The standard InChI is InChI=1S/C14H14N2/c1-3-10-16(2)11-12-6-4-8-14-13(12)7-5-9-15-14/h1,4-9H,10-11H2,2H3. The number of nitrogens with zero attached hydrogens (tertiary/aromatic N) is 2. The average Bonchev–Trinajstić information content (AvgIpc) is 2.30. The summed E-state index contributed by atoms with van der Waals surface area (Å²) in [6.45, 7) is 1.52. The van der Waals surface area contributed by atoms with Crippen molar-refractivity contribution in [2.24, 2.45) is 0 Å². The van der Waals surface area contributed by atoms with Gasteiger partial charge in [-0.15, -0.1) is 6.42 Å². The minimum absolute atomic E-state index is 0.663. The smallest absolute Gasteiger partial charge is 0.0705 e. The molecule has 1 aromatic carbocycles. The molecule has 0 spiro atoms. The molecular formula is C14H14N2. The van der Waals surface area contributed by atoms with E-state index in [2.05, 4.69) is 27.9 Å². The normalized spacial score (nSPS) is 10.6. The molecule has 1 aromatic heterocycles. The van der Waals surface area contributed by atoms with Gasteiger partial charge in [0.25, 0.3) is 0 Å². The highest BCUT2D eigenvalue weighted by molar-refractivity contribution is 5.81. The Balaban J connectivity index is 2.34. The molecule has 0 saturated carbocycles. The van der Waals surface area contributed by atoms with E-state index >= 15 is 0 Å². The molecule has 0 aliphatic heterocycles. The van der Waals surface area contributed by atoms with Crippen molar-refractivity contribution < 1.29 is 0 Å². The van der Waals surface area contributed by atoms with Crippen molar-refractivity contribution >= 4 is 10.9 Å². The van der Waals surface area contributed by atoms with Crippen LogP contribution in [0, 0.1) is 12.3 Å². The largest absolute Gasteiger partial charge is 0.291 e. The van der Waals surface area contributed by atoms with E-state index in [0.717, 1.165) is 12.1 Å². The van der Waals surface area contributed by atoms with Crippen molar-refractivity contribution in [3.05, 3.63) is 42.1 Å². The summed E-state index contributed by atoms with van der Waals surface area (Å²) < 4.78 is 0. The first-order valence-electron chi connectivity index (χ1n) is 5.26. The van der Waals surface area contributed by atoms with Crippen LogP contribution in [0.4, 0.5) is 0 Å². The zero-order valence-corrected chi connectivity index (χ0v) is 9.35. The monoisotopic (exact) mass is 210 g/mol. The van der Waals surface area contributed by atoms with Gasteiger partial charge in [-0.3, -0.25) is 9.88 Å². The first kappa shape index (κ1) is 10.7. The summed E-state index contributed by atoms with van der Waals surface area (Å²) in [5.41, 5.74) is 2.30. The van der Waals surface area contributed by atoms with Crippen molar-refractivity contribution in [2.75, 3.05) is 13.6 Å². The zero-order chi connectivity index (χ0) is 11.4. The number of aromatic nitrogens is 1. The van der Waals surface area contributed by atoms with Gasteiger partial charge in [-0.1, -0.05) is 24.1 Å². The van der Waals surface area contributed by atoms with Gasteiger partial charge >= 0.3 is 0 Å². The Morgan fingerprint density at radius 3 is 3.00 bits per heavy atom. The minimum Gasteiger partial charge on any atom is -0.291 e. The third kappa shape index (κ3) is 2.21. The van der Waals surface area contributed by atoms with Gasteiger partial charge < -0.3 is 0 Å². The summed E-state index contributed by atoms with van der Waals surface area (Å²) >= 11 is 0. The number of rotatable bonds is 3. The molecule has 0 atom stereocenters. The maximum Gasteiger partial charge on any atom is 0.0705 e. The van der Waals surface area contributed by atoms with E-state index in [1.54, 1.807) is 0 Å². The fraction of sp³-hybridized carbons (Fsp3) is 0.214. The molecule has 0 N–H and O–H groups in total. The number of hydrogen-bond acceptors (Lipinski definition) is 2. The molecule has 16 heavy (non-hydrogen) atoms. The van der Waals surface area contributed by atoms with Crippen LogP contribution in [-0.2, 0) is 6.54 Å². The number of hydrogen-bond donors (Lipinski definition) is 0. The molecule has 0 saturated heterocycles. The van der Waals surface area contributed by atoms with E-state index in [9.17, 15) is 0 Å². The van der Waals surface area contributed by atoms with Gasteiger partial charge in [0.05, 0.1) is 12.1 Å². The lowest BCUT2D eigenvalue weighted by atomic mass is 10.1. The fourth-order valence-corrected chi connectivity index (χ4v) is 1.81. The lowest BCUT2D eigenvalue weighted by molar-refractivity contribution is 0.370. The lowest BCUT2D eigenvalue weighted by Gasteiger charge is -2.14. The summed E-state index contributed by atoms with van der Waals surface area (Å²) in [4.78, 5) is 6.45. The van der Waals surface area contributed by atoms with Gasteiger partial charge in [0.1, 0.15) is 0 Å². The van der Waals surface area contributed by atoms with Crippen LogP contribution in [0.2, 0.25) is 0 Å². The first-order valence-corrected chi connectivity index (χ1v) is 5.26. The first-order chi connectivity index (χ1) is 7.81. The van der Waals surface area contributed by atoms with Gasteiger partial charge in [-0.05, 0) is 24.7 Å². The second-order valence-electron chi connectivity index (χ2n) is 3.86. The summed E-state index contributed by atoms with van der Waals surface area (Å²) in [5.74, 6) is 2.65. The molecular weight excluding hydrogens is 196 g/mol. The van der Waals surface area contributed by atoms with Gasteiger partial charge in [0, 0.05) is 18.1 Å². The van der Waals surface area contributed by atoms with Gasteiger partial charge in [-0.25, -0.2) is 0 Å². The number of fused-ring (bicyclic) bond motifs is 1. The van der Waals surface area contributed by atoms with E-state index in [0.29, 0.717) is 6.54 Å². The van der Waals surface area contributed by atoms with Crippen LogP contribution >= 0.6 is 0 Å². The number of pyridine rings is 1. The Bertz CT molecular complexity index is 520. The fourth-order valence-electron chi connectivity index (χ4n) is 1.81. The molecule has 2 nitrogen and oxygen atoms in total. The molecule has 2 rings (SSSR count). The second-order valence-corrected chi connectivity index (χ2v) is 3.86. The summed E-state index contributed by atoms with van der Waals surface area (Å²) in [7, 11) is 2.02. The topological polar surface area (TPSA) is 16.1 Å². The quantitative estimate of drug-likeness (QED) is 0.723. The van der Waals surface area contributed by atoms with Crippen LogP contribution in [0.25, 0.3) is 10.9 Å². The molecule has 0 bridgehead atoms. The van der Waals surface area contributed by atoms with Crippen molar-refractivity contribution in [3.63, 3.8) is 0 Å². The van der Waals surface area contributed by atoms with Crippen LogP contribution in [0.15, 0.2) is 36.5 Å². The summed E-state index contributed by atoms with van der Waals surface area (Å²) in [6, 6.07) is 10.2. The summed E-state index contributed by atoms with van der Waals surface area (Å²) in [6.07, 6.45) is 7.11. The molecule has 0 aliphatic rings. The lowest BCUT2D eigenvalue weighted by Crippen LogP contribution is -2.17. The molecule has 0 radical (unpaired) electrons. The van der Waals surface area contributed by atoms with E-state index in [1.165, 1.54) is 10.9 Å². The molecule has 1 heterocycles. The van der Waals surface area contributed by atoms with E-state index in [-0.39, 0.29) is 0 Å². The highest BCUT2D eigenvalue weighted by Gasteiger charge is 2.03. The highest BCUT2D eigenvalue weighted by atomic mass is 15.1. The van der Waals surface area contributed by atoms with Crippen LogP contribution in [-0.4, -0.2) is 23.5 Å². The Kier molecular flexibility index (Phi) is 3.19. The zero-order valence-electron chi connectivity index (χ0n) is 9.35. The predicted octanol–water partition coefficient (Wildman–Crippen LogP) is 2.30. The summed E-state index contributed by atoms with van der Waals surface area (Å²) in [5, 5.41) is 1.20. The van der Waals surface area contributed by atoms with Crippen LogP contribution in [0.5, 0.6) is 0 Å². The maximum atomic E-state index is 5.29. The van der Waals surface area contributed by atoms with Gasteiger partial charge in [0.15, 0.2) is 0 Å². The molecule has 0 fully saturated rings. The molecule has 2 aromatic rings. The van der Waals surface area contributed by atoms with Crippen molar-refractivity contribution in [3.8, 4) is 12.3 Å². The molecule has 0 unspecified atom stereocenters. The van der Waals surface area contributed by atoms with Crippen LogP contribution < -0.4 is 0 Å². The maximum absolute atomic E-state index is 5.29. The van der Waals surface area contributed by atoms with E-state index in [4.69, 9.17) is 6.42 Å². The van der Waals surface area contributed by atoms with E-state index in [1.807, 2.05) is 31.4 Å². The van der Waals surface area contributed by atoms with Crippen LogP contribution in [0.3, 0.4) is 0 Å².